The SMILES string of the molecule is CN1C(=O)Cc2cc(C(O)c3cc(Br)cc(Br)c3)ccc21. The molecule has 0 bridgehead atoms. The zero-order chi connectivity index (χ0) is 15.1. The Morgan fingerprint density at radius 3 is 2.43 bits per heavy atom. The van der Waals surface area contributed by atoms with E-state index in [1.54, 1.807) is 11.9 Å². The molecule has 0 aliphatic carbocycles. The summed E-state index contributed by atoms with van der Waals surface area (Å²) in [4.78, 5) is 13.4. The van der Waals surface area contributed by atoms with Crippen LogP contribution in [-0.4, -0.2) is 18.1 Å². The van der Waals surface area contributed by atoms with E-state index in [1.165, 1.54) is 0 Å². The average Bonchev–Trinajstić information content (AvgIpc) is 2.71. The molecule has 0 radical (unpaired) electrons. The van der Waals surface area contributed by atoms with Crippen molar-refractivity contribution in [3.63, 3.8) is 0 Å². The smallest absolute Gasteiger partial charge is 0.231 e. The second kappa shape index (κ2) is 5.55. The molecular weight excluding hydrogens is 398 g/mol. The Balaban J connectivity index is 1.98. The van der Waals surface area contributed by atoms with Crippen LogP contribution in [0.4, 0.5) is 5.69 Å². The van der Waals surface area contributed by atoms with E-state index in [2.05, 4.69) is 31.9 Å². The van der Waals surface area contributed by atoms with Crippen LogP contribution < -0.4 is 4.90 Å². The van der Waals surface area contributed by atoms with Gasteiger partial charge < -0.3 is 10.0 Å². The molecule has 0 saturated heterocycles. The van der Waals surface area contributed by atoms with Gasteiger partial charge in [0.15, 0.2) is 0 Å². The van der Waals surface area contributed by atoms with Crippen molar-refractivity contribution in [2.45, 2.75) is 12.5 Å². The Bertz CT molecular complexity index is 710. The zero-order valence-electron chi connectivity index (χ0n) is 11.3. The van der Waals surface area contributed by atoms with Gasteiger partial charge in [0.2, 0.25) is 5.91 Å². The summed E-state index contributed by atoms with van der Waals surface area (Å²) in [7, 11) is 1.77. The Hall–Kier alpha value is -1.17. The van der Waals surface area contributed by atoms with Crippen molar-refractivity contribution in [2.24, 2.45) is 0 Å². The molecular formula is C16H13Br2NO2. The molecule has 3 rings (SSSR count). The monoisotopic (exact) mass is 409 g/mol. The number of aliphatic hydroxyl groups is 1. The molecule has 1 aliphatic rings. The number of likely N-dealkylation sites (N-methyl/N-ethyl adjacent to an activating group) is 1. The molecule has 0 aromatic heterocycles. The summed E-state index contributed by atoms with van der Waals surface area (Å²) in [6, 6.07) is 11.4. The van der Waals surface area contributed by atoms with E-state index in [-0.39, 0.29) is 5.91 Å². The van der Waals surface area contributed by atoms with Crippen LogP contribution in [0, 0.1) is 0 Å². The van der Waals surface area contributed by atoms with Crippen LogP contribution >= 0.6 is 31.9 Å². The number of nitrogens with zero attached hydrogens (tertiary/aromatic N) is 1. The number of carbonyl (C=O) groups excluding carboxylic acids is 1. The predicted octanol–water partition coefficient (Wildman–Crippen LogP) is 3.81. The molecule has 2 aromatic rings. The maximum atomic E-state index is 11.7. The number of amides is 1. The lowest BCUT2D eigenvalue weighted by atomic mass is 9.99. The standard InChI is InChI=1S/C16H13Br2NO2/c1-19-14-3-2-9(4-10(14)7-15(19)20)16(21)11-5-12(17)8-13(18)6-11/h2-6,8,16,21H,7H2,1H3. The van der Waals surface area contributed by atoms with Crippen molar-refractivity contribution in [3.8, 4) is 0 Å². The summed E-state index contributed by atoms with van der Waals surface area (Å²) < 4.78 is 1.81. The van der Waals surface area contributed by atoms with Gasteiger partial charge in [-0.15, -0.1) is 0 Å². The van der Waals surface area contributed by atoms with E-state index < -0.39 is 6.10 Å². The third-order valence-corrected chi connectivity index (χ3v) is 4.61. The summed E-state index contributed by atoms with van der Waals surface area (Å²) >= 11 is 6.85. The van der Waals surface area contributed by atoms with Crippen LogP contribution in [0.2, 0.25) is 0 Å². The van der Waals surface area contributed by atoms with Gasteiger partial charge >= 0.3 is 0 Å². The molecule has 1 aliphatic heterocycles. The van der Waals surface area contributed by atoms with E-state index in [0.29, 0.717) is 6.42 Å². The van der Waals surface area contributed by atoms with Crippen LogP contribution in [0.3, 0.4) is 0 Å². The molecule has 0 saturated carbocycles. The highest BCUT2D eigenvalue weighted by Gasteiger charge is 2.25. The van der Waals surface area contributed by atoms with Gasteiger partial charge in [0, 0.05) is 21.7 Å². The largest absolute Gasteiger partial charge is 0.384 e. The Kier molecular flexibility index (Phi) is 3.90. The Morgan fingerprint density at radius 1 is 1.10 bits per heavy atom. The Labute approximate surface area is 139 Å². The minimum Gasteiger partial charge on any atom is -0.384 e. The van der Waals surface area contributed by atoms with Gasteiger partial charge in [-0.05, 0) is 41.0 Å². The van der Waals surface area contributed by atoms with Crippen LogP contribution in [-0.2, 0) is 11.2 Å². The molecule has 0 fully saturated rings. The molecule has 3 nitrogen and oxygen atoms in total. The minimum atomic E-state index is -0.717. The summed E-state index contributed by atoms with van der Waals surface area (Å²) in [6.07, 6.45) is -0.320. The van der Waals surface area contributed by atoms with Crippen molar-refractivity contribution in [3.05, 3.63) is 62.0 Å². The normalized spacial score (nSPS) is 15.2. The van der Waals surface area contributed by atoms with Gasteiger partial charge in [0.1, 0.15) is 6.10 Å². The molecule has 108 valence electrons. The van der Waals surface area contributed by atoms with Gasteiger partial charge in [-0.25, -0.2) is 0 Å². The van der Waals surface area contributed by atoms with Crippen molar-refractivity contribution in [1.82, 2.24) is 0 Å². The van der Waals surface area contributed by atoms with Crippen molar-refractivity contribution in [2.75, 3.05) is 11.9 Å². The highest BCUT2D eigenvalue weighted by molar-refractivity contribution is 9.11. The van der Waals surface area contributed by atoms with Crippen LogP contribution in [0.15, 0.2) is 45.3 Å². The molecule has 1 atom stereocenters. The first-order valence-corrected chi connectivity index (χ1v) is 8.08. The van der Waals surface area contributed by atoms with E-state index >= 15 is 0 Å². The van der Waals surface area contributed by atoms with Crippen LogP contribution in [0.5, 0.6) is 0 Å². The van der Waals surface area contributed by atoms with E-state index in [9.17, 15) is 9.90 Å². The van der Waals surface area contributed by atoms with Gasteiger partial charge in [0.25, 0.3) is 0 Å². The lowest BCUT2D eigenvalue weighted by Gasteiger charge is -2.15. The van der Waals surface area contributed by atoms with Gasteiger partial charge in [0.05, 0.1) is 6.42 Å². The lowest BCUT2D eigenvalue weighted by Crippen LogP contribution is -2.20. The molecule has 21 heavy (non-hydrogen) atoms. The lowest BCUT2D eigenvalue weighted by molar-refractivity contribution is -0.117. The molecule has 5 heteroatoms. The molecule has 0 spiro atoms. The first kappa shape index (κ1) is 14.8. The quantitative estimate of drug-likeness (QED) is 0.817. The fourth-order valence-electron chi connectivity index (χ4n) is 2.59. The van der Waals surface area contributed by atoms with Gasteiger partial charge in [-0.1, -0.05) is 44.0 Å². The highest BCUT2D eigenvalue weighted by Crippen LogP contribution is 2.33. The number of hydrogen-bond donors (Lipinski definition) is 1. The molecule has 1 amide bonds. The second-order valence-electron chi connectivity index (χ2n) is 5.12. The van der Waals surface area contributed by atoms with Crippen molar-refractivity contribution >= 4 is 43.5 Å². The number of halogens is 2. The predicted molar refractivity (Wildman–Crippen MR) is 89.5 cm³/mol. The molecule has 2 aromatic carbocycles. The van der Waals surface area contributed by atoms with Crippen LogP contribution in [0.1, 0.15) is 22.8 Å². The van der Waals surface area contributed by atoms with Gasteiger partial charge in [-0.2, -0.15) is 0 Å². The Morgan fingerprint density at radius 2 is 1.76 bits per heavy atom. The van der Waals surface area contributed by atoms with E-state index in [1.807, 2.05) is 36.4 Å². The maximum Gasteiger partial charge on any atom is 0.231 e. The summed E-state index contributed by atoms with van der Waals surface area (Å²) in [5.74, 6) is 0.0850. The summed E-state index contributed by atoms with van der Waals surface area (Å²) in [5, 5.41) is 10.6. The molecule has 1 N–H and O–H groups in total. The van der Waals surface area contributed by atoms with Gasteiger partial charge in [-0.3, -0.25) is 4.79 Å². The summed E-state index contributed by atoms with van der Waals surface area (Å²) in [5.41, 5.74) is 3.48. The van der Waals surface area contributed by atoms with E-state index in [0.717, 1.165) is 31.3 Å². The third-order valence-electron chi connectivity index (χ3n) is 3.70. The number of aliphatic hydroxyl groups excluding tert-OH is 1. The van der Waals surface area contributed by atoms with Crippen molar-refractivity contribution < 1.29 is 9.90 Å². The van der Waals surface area contributed by atoms with Crippen LogP contribution in [0.25, 0.3) is 0 Å². The fraction of sp³-hybridized carbons (Fsp3) is 0.188. The maximum absolute atomic E-state index is 11.7. The number of carbonyl (C=O) groups is 1. The zero-order valence-corrected chi connectivity index (χ0v) is 14.5. The number of benzene rings is 2. The fourth-order valence-corrected chi connectivity index (χ4v) is 3.91. The first-order valence-electron chi connectivity index (χ1n) is 6.49. The number of hydrogen-bond acceptors (Lipinski definition) is 2. The second-order valence-corrected chi connectivity index (χ2v) is 6.95. The van der Waals surface area contributed by atoms with E-state index in [4.69, 9.17) is 0 Å². The number of anilines is 1. The topological polar surface area (TPSA) is 40.5 Å². The average molecular weight is 411 g/mol. The molecule has 1 unspecified atom stereocenters. The summed E-state index contributed by atoms with van der Waals surface area (Å²) in [6.45, 7) is 0. The third kappa shape index (κ3) is 2.78. The number of fused-ring (bicyclic) bond motifs is 1. The highest BCUT2D eigenvalue weighted by atomic mass is 79.9. The minimum absolute atomic E-state index is 0.0850. The molecule has 1 heterocycles. The van der Waals surface area contributed by atoms with Crippen molar-refractivity contribution in [1.29, 1.82) is 0 Å². The number of rotatable bonds is 2. The first-order chi connectivity index (χ1) is 9.95.